The lowest BCUT2D eigenvalue weighted by molar-refractivity contribution is 0.0479. The molecule has 1 saturated heterocycles. The Kier molecular flexibility index (Phi) is 6.42. The van der Waals surface area contributed by atoms with Gasteiger partial charge >= 0.3 is 0 Å². The van der Waals surface area contributed by atoms with Gasteiger partial charge in [-0.1, -0.05) is 48.5 Å². The first-order chi connectivity index (χ1) is 15.2. The summed E-state index contributed by atoms with van der Waals surface area (Å²) >= 11 is 0. The minimum atomic E-state index is -0.239. The van der Waals surface area contributed by atoms with Crippen molar-refractivity contribution in [3.05, 3.63) is 71.8 Å². The van der Waals surface area contributed by atoms with Crippen molar-refractivity contribution in [3.63, 3.8) is 0 Å². The first kappa shape index (κ1) is 21.2. The van der Waals surface area contributed by atoms with E-state index in [1.807, 2.05) is 61.5 Å². The molecule has 1 fully saturated rings. The van der Waals surface area contributed by atoms with E-state index in [-0.39, 0.29) is 11.3 Å². The highest BCUT2D eigenvalue weighted by Crippen LogP contribution is 2.39. The van der Waals surface area contributed by atoms with E-state index in [2.05, 4.69) is 11.4 Å². The van der Waals surface area contributed by atoms with Gasteiger partial charge in [0, 0.05) is 30.7 Å². The van der Waals surface area contributed by atoms with E-state index in [1.165, 1.54) is 0 Å². The molecule has 1 heterocycles. The zero-order valence-corrected chi connectivity index (χ0v) is 18.1. The molecule has 0 spiro atoms. The molecular weight excluding hydrogens is 390 g/mol. The number of para-hydroxylation sites is 1. The Morgan fingerprint density at radius 2 is 1.74 bits per heavy atom. The van der Waals surface area contributed by atoms with Crippen molar-refractivity contribution < 1.29 is 19.0 Å². The van der Waals surface area contributed by atoms with Crippen LogP contribution in [0.2, 0.25) is 0 Å². The molecule has 5 nitrogen and oxygen atoms in total. The highest BCUT2D eigenvalue weighted by atomic mass is 16.5. The maximum atomic E-state index is 13.5. The predicted octanol–water partition coefficient (Wildman–Crippen LogP) is 4.73. The molecule has 1 amide bonds. The van der Waals surface area contributed by atoms with Crippen LogP contribution in [0.4, 0.5) is 0 Å². The molecule has 31 heavy (non-hydrogen) atoms. The summed E-state index contributed by atoms with van der Waals surface area (Å²) in [6.45, 7) is 4.25. The smallest absolute Gasteiger partial charge is 0.255 e. The summed E-state index contributed by atoms with van der Waals surface area (Å²) < 4.78 is 17.1. The van der Waals surface area contributed by atoms with Crippen LogP contribution in [-0.4, -0.2) is 39.4 Å². The lowest BCUT2D eigenvalue weighted by atomic mass is 9.73. The number of benzene rings is 3. The summed E-state index contributed by atoms with van der Waals surface area (Å²) in [5.41, 5.74) is 1.46. The maximum Gasteiger partial charge on any atom is 0.255 e. The summed E-state index contributed by atoms with van der Waals surface area (Å²) in [6, 6.07) is 19.8. The van der Waals surface area contributed by atoms with Crippen molar-refractivity contribution in [2.75, 3.05) is 33.5 Å². The monoisotopic (exact) mass is 419 g/mol. The molecule has 5 heteroatoms. The number of rotatable bonds is 7. The van der Waals surface area contributed by atoms with Crippen LogP contribution in [0.1, 0.15) is 35.7 Å². The molecule has 0 atom stereocenters. The number of hydrogen-bond donors (Lipinski definition) is 1. The van der Waals surface area contributed by atoms with E-state index in [0.717, 1.165) is 34.9 Å². The molecule has 4 rings (SSSR count). The Morgan fingerprint density at radius 1 is 1.00 bits per heavy atom. The number of ether oxygens (including phenoxy) is 3. The molecule has 0 saturated carbocycles. The topological polar surface area (TPSA) is 56.8 Å². The Balaban J connectivity index is 1.67. The molecule has 1 N–H and O–H groups in total. The third-order valence-electron chi connectivity index (χ3n) is 6.13. The molecule has 0 aromatic heterocycles. The van der Waals surface area contributed by atoms with Crippen LogP contribution in [0, 0.1) is 0 Å². The number of hydrogen-bond acceptors (Lipinski definition) is 4. The van der Waals surface area contributed by atoms with Crippen LogP contribution >= 0.6 is 0 Å². The second-order valence-corrected chi connectivity index (χ2v) is 7.87. The average Bonchev–Trinajstić information content (AvgIpc) is 2.83. The molecule has 162 valence electrons. The normalized spacial score (nSPS) is 15.4. The number of carbonyl (C=O) groups excluding carboxylic acids is 1. The molecule has 3 aromatic carbocycles. The highest BCUT2D eigenvalue weighted by molar-refractivity contribution is 6.09. The highest BCUT2D eigenvalue weighted by Gasteiger charge is 2.37. The average molecular weight is 420 g/mol. The van der Waals surface area contributed by atoms with Crippen LogP contribution in [0.5, 0.6) is 11.5 Å². The van der Waals surface area contributed by atoms with Crippen molar-refractivity contribution in [1.29, 1.82) is 0 Å². The molecular formula is C26H29NO4. The fraction of sp³-hybridized carbons (Fsp3) is 0.346. The van der Waals surface area contributed by atoms with Crippen molar-refractivity contribution in [1.82, 2.24) is 5.32 Å². The number of carbonyl (C=O) groups is 1. The zero-order valence-electron chi connectivity index (χ0n) is 18.1. The van der Waals surface area contributed by atoms with Crippen LogP contribution in [0.15, 0.2) is 60.7 Å². The summed E-state index contributed by atoms with van der Waals surface area (Å²) in [5.74, 6) is 1.33. The van der Waals surface area contributed by atoms with Crippen LogP contribution in [0.25, 0.3) is 10.8 Å². The quantitative estimate of drug-likeness (QED) is 0.602. The number of fused-ring (bicyclic) bond motifs is 1. The summed E-state index contributed by atoms with van der Waals surface area (Å²) in [6.07, 6.45) is 1.64. The standard InChI is InChI=1S/C26H29NO4/c1-3-31-23-13-12-19-8-4-5-9-20(19)24(23)25(28)27-18-26(14-16-30-17-15-26)21-10-6-7-11-22(21)29-2/h4-13H,3,14-18H2,1-2H3,(H,27,28). The molecule has 0 unspecified atom stereocenters. The van der Waals surface area contributed by atoms with Gasteiger partial charge in [-0.25, -0.2) is 0 Å². The number of amides is 1. The van der Waals surface area contributed by atoms with Gasteiger partial charge in [-0.2, -0.15) is 0 Å². The minimum absolute atomic E-state index is 0.124. The largest absolute Gasteiger partial charge is 0.496 e. The van der Waals surface area contributed by atoms with Gasteiger partial charge in [0.05, 0.1) is 19.3 Å². The van der Waals surface area contributed by atoms with Crippen LogP contribution < -0.4 is 14.8 Å². The summed E-state index contributed by atoms with van der Waals surface area (Å²) in [5, 5.41) is 5.13. The Hall–Kier alpha value is -3.05. The van der Waals surface area contributed by atoms with Gasteiger partial charge in [0.2, 0.25) is 0 Å². The molecule has 1 aliphatic heterocycles. The first-order valence-electron chi connectivity index (χ1n) is 10.8. The van der Waals surface area contributed by atoms with Crippen LogP contribution in [0.3, 0.4) is 0 Å². The molecule has 0 bridgehead atoms. The summed E-state index contributed by atoms with van der Waals surface area (Å²) in [7, 11) is 1.69. The third-order valence-corrected chi connectivity index (χ3v) is 6.13. The SMILES string of the molecule is CCOc1ccc2ccccc2c1C(=O)NCC1(c2ccccc2OC)CCOCC1. The van der Waals surface area contributed by atoms with E-state index in [1.54, 1.807) is 7.11 Å². The molecule has 0 radical (unpaired) electrons. The van der Waals surface area contributed by atoms with Gasteiger partial charge in [0.25, 0.3) is 5.91 Å². The van der Waals surface area contributed by atoms with E-state index >= 15 is 0 Å². The zero-order chi connectivity index (χ0) is 21.7. The second-order valence-electron chi connectivity index (χ2n) is 7.87. The van der Waals surface area contributed by atoms with Crippen LogP contribution in [-0.2, 0) is 10.2 Å². The summed E-state index contributed by atoms with van der Waals surface area (Å²) in [4.78, 5) is 13.5. The van der Waals surface area contributed by atoms with E-state index < -0.39 is 0 Å². The Morgan fingerprint density at radius 3 is 2.52 bits per heavy atom. The Bertz CT molecular complexity index is 1060. The van der Waals surface area contributed by atoms with Crippen molar-refractivity contribution >= 4 is 16.7 Å². The Labute approximate surface area is 183 Å². The van der Waals surface area contributed by atoms with Gasteiger partial charge < -0.3 is 19.5 Å². The fourth-order valence-electron chi connectivity index (χ4n) is 4.49. The van der Waals surface area contributed by atoms with Crippen molar-refractivity contribution in [2.45, 2.75) is 25.2 Å². The molecule has 3 aromatic rings. The van der Waals surface area contributed by atoms with Crippen molar-refractivity contribution in [2.24, 2.45) is 0 Å². The minimum Gasteiger partial charge on any atom is -0.496 e. The maximum absolute atomic E-state index is 13.5. The molecule has 1 aliphatic rings. The van der Waals surface area contributed by atoms with Gasteiger partial charge in [0.1, 0.15) is 11.5 Å². The number of nitrogens with one attached hydrogen (secondary N) is 1. The fourth-order valence-corrected chi connectivity index (χ4v) is 4.49. The molecule has 0 aliphatic carbocycles. The lowest BCUT2D eigenvalue weighted by Crippen LogP contribution is -2.45. The predicted molar refractivity (Wildman–Crippen MR) is 122 cm³/mol. The van der Waals surface area contributed by atoms with Gasteiger partial charge in [-0.15, -0.1) is 0 Å². The lowest BCUT2D eigenvalue weighted by Gasteiger charge is -2.38. The van der Waals surface area contributed by atoms with E-state index in [9.17, 15) is 4.79 Å². The van der Waals surface area contributed by atoms with E-state index in [0.29, 0.717) is 37.7 Å². The van der Waals surface area contributed by atoms with Crippen molar-refractivity contribution in [3.8, 4) is 11.5 Å². The van der Waals surface area contributed by atoms with Gasteiger partial charge in [0.15, 0.2) is 0 Å². The first-order valence-corrected chi connectivity index (χ1v) is 10.8. The van der Waals surface area contributed by atoms with Gasteiger partial charge in [-0.05, 0) is 42.7 Å². The van der Waals surface area contributed by atoms with E-state index in [4.69, 9.17) is 14.2 Å². The number of methoxy groups -OCH3 is 1. The third kappa shape index (κ3) is 4.23. The van der Waals surface area contributed by atoms with Gasteiger partial charge in [-0.3, -0.25) is 4.79 Å². The second kappa shape index (κ2) is 9.40.